The zero-order valence-electron chi connectivity index (χ0n) is 16.3. The van der Waals surface area contributed by atoms with Crippen molar-refractivity contribution in [2.75, 3.05) is 13.2 Å². The van der Waals surface area contributed by atoms with Gasteiger partial charge >= 0.3 is 5.97 Å². The van der Waals surface area contributed by atoms with Gasteiger partial charge in [-0.05, 0) is 12.1 Å². The van der Waals surface area contributed by atoms with Crippen LogP contribution in [0.1, 0.15) is 22.2 Å². The summed E-state index contributed by atoms with van der Waals surface area (Å²) in [7, 11) is 0. The highest BCUT2D eigenvalue weighted by molar-refractivity contribution is 5.89. The zero-order valence-corrected chi connectivity index (χ0v) is 16.3. The quantitative estimate of drug-likeness (QED) is 0.577. The molecule has 1 unspecified atom stereocenters. The number of carbonyl (C=O) groups is 1. The van der Waals surface area contributed by atoms with Gasteiger partial charge in [-0.15, -0.1) is 6.58 Å². The Hall–Kier alpha value is -2.55. The molecule has 2 aromatic carbocycles. The highest BCUT2D eigenvalue weighted by Gasteiger charge is 2.51. The summed E-state index contributed by atoms with van der Waals surface area (Å²) in [6, 6.07) is 18.0. The van der Waals surface area contributed by atoms with Gasteiger partial charge in [0.1, 0.15) is 18.3 Å². The number of hydrogen-bond acceptors (Lipinski definition) is 7. The SMILES string of the molecule is C=CCO[C@H]1O[C@@H]2COC(c3ccccc3)O[C@H]2[C@H](O)[C@H]1OC(=O)c1ccccc1. The molecule has 2 heterocycles. The highest BCUT2D eigenvalue weighted by Crippen LogP contribution is 2.35. The first-order chi connectivity index (χ1) is 14.7. The first-order valence-electron chi connectivity index (χ1n) is 9.81. The number of carbonyl (C=O) groups excluding carboxylic acids is 1. The summed E-state index contributed by atoms with van der Waals surface area (Å²) in [5.41, 5.74) is 1.19. The summed E-state index contributed by atoms with van der Waals surface area (Å²) in [4.78, 5) is 12.6. The second-order valence-corrected chi connectivity index (χ2v) is 7.07. The maximum atomic E-state index is 12.6. The van der Waals surface area contributed by atoms with E-state index in [4.69, 9.17) is 23.7 Å². The van der Waals surface area contributed by atoms with Crippen LogP contribution in [0.25, 0.3) is 0 Å². The molecule has 0 saturated carbocycles. The molecule has 0 radical (unpaired) electrons. The molecular weight excluding hydrogens is 388 g/mol. The van der Waals surface area contributed by atoms with Crippen LogP contribution >= 0.6 is 0 Å². The van der Waals surface area contributed by atoms with Gasteiger partial charge in [0, 0.05) is 5.56 Å². The van der Waals surface area contributed by atoms with E-state index in [0.717, 1.165) is 5.56 Å². The summed E-state index contributed by atoms with van der Waals surface area (Å²) >= 11 is 0. The summed E-state index contributed by atoms with van der Waals surface area (Å²) in [6.07, 6.45) is -3.64. The first-order valence-corrected chi connectivity index (χ1v) is 9.81. The molecule has 0 amide bonds. The third kappa shape index (κ3) is 4.45. The number of rotatable bonds is 6. The standard InChI is InChI=1S/C23H24O7/c1-2-13-26-23-20(29-21(25)15-9-5-3-6-10-15)18(24)19-17(28-23)14-27-22(30-19)16-11-7-4-8-12-16/h2-12,17-20,22-24H,1,13-14H2/t17-,18+,19-,20-,22?,23+/m1/s1. The van der Waals surface area contributed by atoms with Crippen LogP contribution in [0.4, 0.5) is 0 Å². The fourth-order valence-corrected chi connectivity index (χ4v) is 3.53. The van der Waals surface area contributed by atoms with Crippen molar-refractivity contribution in [2.45, 2.75) is 37.0 Å². The third-order valence-corrected chi connectivity index (χ3v) is 5.01. The number of hydrogen-bond donors (Lipinski definition) is 1. The van der Waals surface area contributed by atoms with Gasteiger partial charge in [0.05, 0.1) is 18.8 Å². The van der Waals surface area contributed by atoms with Crippen molar-refractivity contribution in [1.29, 1.82) is 0 Å². The number of aliphatic hydroxyl groups is 1. The van der Waals surface area contributed by atoms with Crippen molar-refractivity contribution < 1.29 is 33.6 Å². The number of ether oxygens (including phenoxy) is 5. The average molecular weight is 412 g/mol. The van der Waals surface area contributed by atoms with E-state index in [1.165, 1.54) is 0 Å². The molecule has 1 N–H and O–H groups in total. The van der Waals surface area contributed by atoms with Crippen LogP contribution < -0.4 is 0 Å². The Morgan fingerprint density at radius 2 is 1.80 bits per heavy atom. The van der Waals surface area contributed by atoms with E-state index in [1.54, 1.807) is 36.4 Å². The van der Waals surface area contributed by atoms with E-state index < -0.39 is 43.0 Å². The molecular formula is C23H24O7. The Kier molecular flexibility index (Phi) is 6.56. The Bertz CT molecular complexity index is 841. The predicted octanol–water partition coefficient (Wildman–Crippen LogP) is 2.61. The maximum Gasteiger partial charge on any atom is 0.338 e. The Morgan fingerprint density at radius 3 is 2.50 bits per heavy atom. The van der Waals surface area contributed by atoms with Gasteiger partial charge < -0.3 is 28.8 Å². The molecule has 6 atom stereocenters. The van der Waals surface area contributed by atoms with Crippen molar-refractivity contribution in [3.63, 3.8) is 0 Å². The summed E-state index contributed by atoms with van der Waals surface area (Å²) in [5.74, 6) is -0.583. The fourth-order valence-electron chi connectivity index (χ4n) is 3.53. The summed E-state index contributed by atoms with van der Waals surface area (Å²) in [5, 5.41) is 11.1. The van der Waals surface area contributed by atoms with E-state index >= 15 is 0 Å². The topological polar surface area (TPSA) is 83.5 Å². The molecule has 0 aliphatic carbocycles. The highest BCUT2D eigenvalue weighted by atomic mass is 16.8. The largest absolute Gasteiger partial charge is 0.450 e. The molecule has 4 rings (SSSR count). The van der Waals surface area contributed by atoms with Crippen LogP contribution in [-0.2, 0) is 23.7 Å². The molecule has 0 aromatic heterocycles. The molecule has 7 nitrogen and oxygen atoms in total. The summed E-state index contributed by atoms with van der Waals surface area (Å²) in [6.45, 7) is 3.99. The lowest BCUT2D eigenvalue weighted by atomic mass is 9.97. The third-order valence-electron chi connectivity index (χ3n) is 5.01. The van der Waals surface area contributed by atoms with Gasteiger partial charge in [0.25, 0.3) is 0 Å². The molecule has 7 heteroatoms. The monoisotopic (exact) mass is 412 g/mol. The van der Waals surface area contributed by atoms with Crippen molar-refractivity contribution in [2.24, 2.45) is 0 Å². The molecule has 0 spiro atoms. The van der Waals surface area contributed by atoms with Gasteiger partial charge in [-0.25, -0.2) is 4.79 Å². The molecule has 30 heavy (non-hydrogen) atoms. The number of aliphatic hydroxyl groups excluding tert-OH is 1. The van der Waals surface area contributed by atoms with Gasteiger partial charge in [-0.2, -0.15) is 0 Å². The lowest BCUT2D eigenvalue weighted by Gasteiger charge is -2.47. The molecule has 2 aromatic rings. The number of esters is 1. The number of benzene rings is 2. The smallest absolute Gasteiger partial charge is 0.338 e. The lowest BCUT2D eigenvalue weighted by molar-refractivity contribution is -0.359. The molecule has 0 bridgehead atoms. The van der Waals surface area contributed by atoms with E-state index in [9.17, 15) is 9.90 Å². The van der Waals surface area contributed by atoms with E-state index in [0.29, 0.717) is 5.56 Å². The lowest BCUT2D eigenvalue weighted by Crippen LogP contribution is -2.63. The Labute approximate surface area is 174 Å². The van der Waals surface area contributed by atoms with Crippen LogP contribution in [0.5, 0.6) is 0 Å². The predicted molar refractivity (Wildman–Crippen MR) is 106 cm³/mol. The minimum atomic E-state index is -1.17. The maximum absolute atomic E-state index is 12.6. The minimum absolute atomic E-state index is 0.169. The van der Waals surface area contributed by atoms with E-state index in [-0.39, 0.29) is 13.2 Å². The first kappa shape index (κ1) is 20.7. The van der Waals surface area contributed by atoms with Crippen molar-refractivity contribution in [3.8, 4) is 0 Å². The van der Waals surface area contributed by atoms with Crippen molar-refractivity contribution in [3.05, 3.63) is 84.4 Å². The van der Waals surface area contributed by atoms with Gasteiger partial charge in [0.2, 0.25) is 0 Å². The van der Waals surface area contributed by atoms with E-state index in [1.807, 2.05) is 30.3 Å². The van der Waals surface area contributed by atoms with Gasteiger partial charge in [-0.1, -0.05) is 54.6 Å². The van der Waals surface area contributed by atoms with Crippen LogP contribution in [0, 0.1) is 0 Å². The second kappa shape index (κ2) is 9.51. The van der Waals surface area contributed by atoms with Crippen molar-refractivity contribution in [1.82, 2.24) is 0 Å². The van der Waals surface area contributed by atoms with Crippen LogP contribution in [0.2, 0.25) is 0 Å². The van der Waals surface area contributed by atoms with E-state index in [2.05, 4.69) is 6.58 Å². The van der Waals surface area contributed by atoms with Gasteiger partial charge in [-0.3, -0.25) is 0 Å². The zero-order chi connectivity index (χ0) is 20.9. The molecule has 2 fully saturated rings. The van der Waals surface area contributed by atoms with Crippen LogP contribution in [-0.4, -0.2) is 55.0 Å². The van der Waals surface area contributed by atoms with Crippen molar-refractivity contribution >= 4 is 5.97 Å². The molecule has 2 saturated heterocycles. The average Bonchev–Trinajstić information content (AvgIpc) is 2.80. The molecule has 2 aliphatic rings. The Morgan fingerprint density at radius 1 is 1.10 bits per heavy atom. The van der Waals surface area contributed by atoms with Crippen LogP contribution in [0.3, 0.4) is 0 Å². The Balaban J connectivity index is 1.52. The fraction of sp³-hybridized carbons (Fsp3) is 0.348. The molecule has 2 aliphatic heterocycles. The number of fused-ring (bicyclic) bond motifs is 1. The normalized spacial score (nSPS) is 30.8. The van der Waals surface area contributed by atoms with Gasteiger partial charge in [0.15, 0.2) is 18.7 Å². The second-order valence-electron chi connectivity index (χ2n) is 7.07. The van der Waals surface area contributed by atoms with Crippen LogP contribution in [0.15, 0.2) is 73.3 Å². The molecule has 158 valence electrons. The minimum Gasteiger partial charge on any atom is -0.450 e. The summed E-state index contributed by atoms with van der Waals surface area (Å²) < 4.78 is 28.9.